The normalized spacial score (nSPS) is 11.7. The summed E-state index contributed by atoms with van der Waals surface area (Å²) in [7, 11) is -3.46. The highest BCUT2D eigenvalue weighted by molar-refractivity contribution is 7.90. The van der Waals surface area contributed by atoms with Crippen LogP contribution in [0.3, 0.4) is 0 Å². The lowest BCUT2D eigenvalue weighted by Gasteiger charge is -2.12. The Morgan fingerprint density at radius 3 is 1.88 bits per heavy atom. The molecular weight excluding hydrogens is 234 g/mol. The van der Waals surface area contributed by atoms with Gasteiger partial charge in [-0.15, -0.1) is 0 Å². The molecule has 0 N–H and O–H groups in total. The summed E-state index contributed by atoms with van der Waals surface area (Å²) < 4.78 is 26.1. The van der Waals surface area contributed by atoms with Crippen LogP contribution in [-0.2, 0) is 10.0 Å². The summed E-state index contributed by atoms with van der Waals surface area (Å²) >= 11 is 0. The lowest BCUT2D eigenvalue weighted by atomic mass is 10.1. The number of aromatic nitrogens is 1. The average Bonchev–Trinajstić information content (AvgIpc) is 2.67. The maximum atomic E-state index is 12.4. The number of hydrogen-bond donors (Lipinski definition) is 0. The van der Waals surface area contributed by atoms with Crippen LogP contribution < -0.4 is 0 Å². The van der Waals surface area contributed by atoms with Crippen molar-refractivity contribution in [2.75, 3.05) is 0 Å². The number of nitrogens with zero attached hydrogens (tertiary/aromatic N) is 1. The molecule has 0 bridgehead atoms. The molecule has 1 aromatic carbocycles. The summed E-state index contributed by atoms with van der Waals surface area (Å²) in [4.78, 5) is 0.402. The van der Waals surface area contributed by atoms with E-state index in [4.69, 9.17) is 0 Å². The largest absolute Gasteiger partial charge is 0.268 e. The van der Waals surface area contributed by atoms with Crippen molar-refractivity contribution in [3.8, 4) is 0 Å². The Bertz CT molecular complexity index is 617. The van der Waals surface area contributed by atoms with E-state index in [-0.39, 0.29) is 0 Å². The fourth-order valence-corrected chi connectivity index (χ4v) is 3.76. The Balaban J connectivity index is 2.71. The first kappa shape index (κ1) is 11.9. The molecule has 90 valence electrons. The van der Waals surface area contributed by atoms with Gasteiger partial charge in [0.2, 0.25) is 0 Å². The lowest BCUT2D eigenvalue weighted by Crippen LogP contribution is -2.14. The van der Waals surface area contributed by atoms with Crippen LogP contribution in [0.5, 0.6) is 0 Å². The minimum absolute atomic E-state index is 0.402. The van der Waals surface area contributed by atoms with Gasteiger partial charge in [-0.1, -0.05) is 17.7 Å². The second-order valence-electron chi connectivity index (χ2n) is 4.25. The Hall–Kier alpha value is -1.55. The third-order valence-electron chi connectivity index (χ3n) is 2.72. The van der Waals surface area contributed by atoms with Crippen molar-refractivity contribution < 1.29 is 8.42 Å². The fourth-order valence-electron chi connectivity index (χ4n) is 2.16. The first-order valence-corrected chi connectivity index (χ1v) is 6.83. The van der Waals surface area contributed by atoms with Gasteiger partial charge < -0.3 is 0 Å². The summed E-state index contributed by atoms with van der Waals surface area (Å²) in [5.41, 5.74) is 2.65. The van der Waals surface area contributed by atoms with Crippen molar-refractivity contribution in [3.63, 3.8) is 0 Å². The van der Waals surface area contributed by atoms with Gasteiger partial charge in [-0.25, -0.2) is 12.4 Å². The van der Waals surface area contributed by atoms with Crippen LogP contribution >= 0.6 is 0 Å². The van der Waals surface area contributed by atoms with Crippen molar-refractivity contribution in [1.29, 1.82) is 0 Å². The molecule has 3 nitrogen and oxygen atoms in total. The standard InChI is InChI=1S/C13H15NO2S/c1-10-8-11(2)13(12(3)9-10)17(15,16)14-6-4-5-7-14/h4-9H,1-3H3. The van der Waals surface area contributed by atoms with Crippen molar-refractivity contribution >= 4 is 10.0 Å². The molecule has 17 heavy (non-hydrogen) atoms. The van der Waals surface area contributed by atoms with E-state index in [0.29, 0.717) is 4.90 Å². The zero-order valence-corrected chi connectivity index (χ0v) is 11.0. The van der Waals surface area contributed by atoms with Crippen LogP contribution in [0.25, 0.3) is 0 Å². The Labute approximate surface area is 102 Å². The predicted octanol–water partition coefficient (Wildman–Crippen LogP) is 2.65. The zero-order valence-electron chi connectivity index (χ0n) is 10.1. The molecule has 0 aliphatic rings. The Morgan fingerprint density at radius 2 is 1.41 bits per heavy atom. The lowest BCUT2D eigenvalue weighted by molar-refractivity contribution is 0.586. The molecule has 2 rings (SSSR count). The van der Waals surface area contributed by atoms with Gasteiger partial charge in [0.05, 0.1) is 4.90 Å². The van der Waals surface area contributed by atoms with E-state index in [1.807, 2.05) is 32.9 Å². The highest BCUT2D eigenvalue weighted by atomic mass is 32.2. The van der Waals surface area contributed by atoms with Gasteiger partial charge in [0.25, 0.3) is 10.0 Å². The third-order valence-corrected chi connectivity index (χ3v) is 4.68. The van der Waals surface area contributed by atoms with Gasteiger partial charge in [-0.05, 0) is 44.0 Å². The highest BCUT2D eigenvalue weighted by Crippen LogP contribution is 2.23. The topological polar surface area (TPSA) is 39.1 Å². The van der Waals surface area contributed by atoms with Gasteiger partial charge in [-0.3, -0.25) is 0 Å². The summed E-state index contributed by atoms with van der Waals surface area (Å²) in [6, 6.07) is 7.19. The molecule has 1 aromatic heterocycles. The number of hydrogen-bond acceptors (Lipinski definition) is 2. The average molecular weight is 249 g/mol. The van der Waals surface area contributed by atoms with E-state index < -0.39 is 10.0 Å². The minimum Gasteiger partial charge on any atom is -0.249 e. The van der Waals surface area contributed by atoms with E-state index >= 15 is 0 Å². The molecule has 0 atom stereocenters. The van der Waals surface area contributed by atoms with Crippen LogP contribution in [0.15, 0.2) is 41.6 Å². The summed E-state index contributed by atoms with van der Waals surface area (Å²) in [6.07, 6.45) is 3.10. The minimum atomic E-state index is -3.46. The van der Waals surface area contributed by atoms with Crippen LogP contribution in [0.2, 0.25) is 0 Å². The number of rotatable bonds is 2. The molecule has 0 saturated carbocycles. The SMILES string of the molecule is Cc1cc(C)c(S(=O)(=O)n2cccc2)c(C)c1. The molecule has 4 heteroatoms. The van der Waals surface area contributed by atoms with E-state index in [2.05, 4.69) is 0 Å². The third kappa shape index (κ3) is 2.00. The first-order chi connectivity index (χ1) is 7.93. The summed E-state index contributed by atoms with van der Waals surface area (Å²) in [5, 5.41) is 0. The predicted molar refractivity (Wildman–Crippen MR) is 67.7 cm³/mol. The van der Waals surface area contributed by atoms with Crippen molar-refractivity contribution in [1.82, 2.24) is 3.97 Å². The van der Waals surface area contributed by atoms with Gasteiger partial charge >= 0.3 is 0 Å². The molecule has 0 spiro atoms. The number of benzene rings is 1. The molecule has 0 radical (unpaired) electrons. The quantitative estimate of drug-likeness (QED) is 0.820. The van der Waals surface area contributed by atoms with E-state index in [0.717, 1.165) is 16.7 Å². The van der Waals surface area contributed by atoms with Crippen molar-refractivity contribution in [2.45, 2.75) is 25.7 Å². The van der Waals surface area contributed by atoms with Gasteiger partial charge in [0.1, 0.15) is 0 Å². The maximum absolute atomic E-state index is 12.4. The second kappa shape index (κ2) is 4.04. The molecule has 2 aromatic rings. The molecular formula is C13H15NO2S. The van der Waals surface area contributed by atoms with Crippen LogP contribution in [-0.4, -0.2) is 12.4 Å². The highest BCUT2D eigenvalue weighted by Gasteiger charge is 2.20. The van der Waals surface area contributed by atoms with E-state index in [1.165, 1.54) is 3.97 Å². The van der Waals surface area contributed by atoms with Gasteiger partial charge in [0, 0.05) is 12.4 Å². The van der Waals surface area contributed by atoms with Crippen LogP contribution in [0.4, 0.5) is 0 Å². The van der Waals surface area contributed by atoms with Crippen molar-refractivity contribution in [2.24, 2.45) is 0 Å². The maximum Gasteiger partial charge on any atom is 0.268 e. The van der Waals surface area contributed by atoms with Gasteiger partial charge in [-0.2, -0.15) is 0 Å². The zero-order chi connectivity index (χ0) is 12.6. The second-order valence-corrected chi connectivity index (χ2v) is 6.03. The molecule has 0 amide bonds. The first-order valence-electron chi connectivity index (χ1n) is 5.39. The molecule has 0 aliphatic heterocycles. The van der Waals surface area contributed by atoms with E-state index in [1.54, 1.807) is 24.5 Å². The Morgan fingerprint density at radius 1 is 0.941 bits per heavy atom. The summed E-state index contributed by atoms with van der Waals surface area (Å²) in [5.74, 6) is 0. The van der Waals surface area contributed by atoms with Crippen molar-refractivity contribution in [3.05, 3.63) is 53.3 Å². The fraction of sp³-hybridized carbons (Fsp3) is 0.231. The molecule has 1 heterocycles. The Kier molecular flexibility index (Phi) is 2.83. The molecule has 0 unspecified atom stereocenters. The summed E-state index contributed by atoms with van der Waals surface area (Å²) in [6.45, 7) is 5.62. The molecule has 0 fully saturated rings. The van der Waals surface area contributed by atoms with Crippen LogP contribution in [0, 0.1) is 20.8 Å². The number of aryl methyl sites for hydroxylation is 3. The molecule has 0 saturated heterocycles. The van der Waals surface area contributed by atoms with E-state index in [9.17, 15) is 8.42 Å². The monoisotopic (exact) mass is 249 g/mol. The smallest absolute Gasteiger partial charge is 0.249 e. The van der Waals surface area contributed by atoms with Gasteiger partial charge in [0.15, 0.2) is 0 Å². The van der Waals surface area contributed by atoms with Crippen LogP contribution in [0.1, 0.15) is 16.7 Å². The molecule has 0 aliphatic carbocycles.